The largest absolute Gasteiger partial charge is 0.492 e. The summed E-state index contributed by atoms with van der Waals surface area (Å²) in [5, 5.41) is 9.99. The molecule has 1 heterocycles. The first-order chi connectivity index (χ1) is 19.6. The zero-order valence-corrected chi connectivity index (χ0v) is 21.9. The molecule has 0 fully saturated rings. The fraction of sp³-hybridized carbons (Fsp3) is 0.125. The standard InChI is InChI=1S/C32H30N4O4/c33-27-11-5-6-12-28(27)36-31(37)23-14-16-24(17-15-23)39-19-18-35-32(38)30-26(25-10-4-7-13-29(25)40-30)21-34-20-22-8-2-1-3-9-22/h1-17,34H,18-21,33H2,(H,35,38)(H,36,37). The minimum absolute atomic E-state index is 0.250. The van der Waals surface area contributed by atoms with Crippen LogP contribution in [0.2, 0.25) is 0 Å². The quantitative estimate of drug-likeness (QED) is 0.134. The SMILES string of the molecule is Nc1ccccc1NC(=O)c1ccc(OCCNC(=O)c2oc3ccccc3c2CNCc2ccccc2)cc1. The third-order valence-electron chi connectivity index (χ3n) is 6.36. The molecule has 0 aliphatic rings. The summed E-state index contributed by atoms with van der Waals surface area (Å²) < 4.78 is 11.7. The van der Waals surface area contributed by atoms with Gasteiger partial charge in [0.1, 0.15) is 17.9 Å². The number of para-hydroxylation sites is 3. The van der Waals surface area contributed by atoms with E-state index in [4.69, 9.17) is 14.9 Å². The number of hydrogen-bond donors (Lipinski definition) is 4. The number of amides is 2. The summed E-state index contributed by atoms with van der Waals surface area (Å²) in [5.74, 6) is 0.302. The minimum Gasteiger partial charge on any atom is -0.492 e. The second-order valence-corrected chi connectivity index (χ2v) is 9.17. The van der Waals surface area contributed by atoms with Gasteiger partial charge in [-0.05, 0) is 48.0 Å². The van der Waals surface area contributed by atoms with Crippen LogP contribution in [0, 0.1) is 0 Å². The number of furan rings is 1. The number of fused-ring (bicyclic) bond motifs is 1. The third kappa shape index (κ3) is 6.48. The van der Waals surface area contributed by atoms with Crippen LogP contribution in [-0.4, -0.2) is 25.0 Å². The zero-order valence-electron chi connectivity index (χ0n) is 21.9. The smallest absolute Gasteiger partial charge is 0.287 e. The Morgan fingerprint density at radius 2 is 1.50 bits per heavy atom. The van der Waals surface area contributed by atoms with Crippen LogP contribution in [-0.2, 0) is 13.1 Å². The van der Waals surface area contributed by atoms with Gasteiger partial charge in [-0.3, -0.25) is 9.59 Å². The second-order valence-electron chi connectivity index (χ2n) is 9.17. The summed E-state index contributed by atoms with van der Waals surface area (Å²) >= 11 is 0. The summed E-state index contributed by atoms with van der Waals surface area (Å²) in [6, 6.07) is 31.6. The fourth-order valence-electron chi connectivity index (χ4n) is 4.31. The Balaban J connectivity index is 1.14. The van der Waals surface area contributed by atoms with Crippen LogP contribution < -0.4 is 26.4 Å². The van der Waals surface area contributed by atoms with E-state index in [9.17, 15) is 9.59 Å². The molecule has 0 spiro atoms. The molecule has 202 valence electrons. The van der Waals surface area contributed by atoms with Crippen molar-refractivity contribution >= 4 is 34.2 Å². The van der Waals surface area contributed by atoms with Crippen molar-refractivity contribution < 1.29 is 18.7 Å². The number of nitrogens with one attached hydrogen (secondary N) is 3. The lowest BCUT2D eigenvalue weighted by Crippen LogP contribution is -2.29. The average molecular weight is 535 g/mol. The van der Waals surface area contributed by atoms with Crippen molar-refractivity contribution in [3.05, 3.63) is 126 Å². The Labute approximate surface area is 232 Å². The molecule has 0 aliphatic carbocycles. The Morgan fingerprint density at radius 1 is 0.775 bits per heavy atom. The first kappa shape index (κ1) is 26.5. The van der Waals surface area contributed by atoms with Gasteiger partial charge < -0.3 is 30.8 Å². The van der Waals surface area contributed by atoms with Crippen LogP contribution >= 0.6 is 0 Å². The molecule has 5 rings (SSSR count). The molecular formula is C32H30N4O4. The van der Waals surface area contributed by atoms with E-state index in [1.165, 1.54) is 0 Å². The van der Waals surface area contributed by atoms with Crippen LogP contribution in [0.1, 0.15) is 32.0 Å². The van der Waals surface area contributed by atoms with Gasteiger partial charge in [0.05, 0.1) is 17.9 Å². The summed E-state index contributed by atoms with van der Waals surface area (Å²) in [6.45, 7) is 1.69. The third-order valence-corrected chi connectivity index (χ3v) is 6.36. The van der Waals surface area contributed by atoms with Crippen molar-refractivity contribution in [1.82, 2.24) is 10.6 Å². The fourth-order valence-corrected chi connectivity index (χ4v) is 4.31. The van der Waals surface area contributed by atoms with Gasteiger partial charge in [0, 0.05) is 29.6 Å². The zero-order chi connectivity index (χ0) is 27.7. The number of benzene rings is 4. The van der Waals surface area contributed by atoms with Gasteiger partial charge in [0.2, 0.25) is 0 Å². The molecule has 0 radical (unpaired) electrons. The first-order valence-electron chi connectivity index (χ1n) is 13.0. The van der Waals surface area contributed by atoms with E-state index < -0.39 is 0 Å². The van der Waals surface area contributed by atoms with Crippen LogP contribution in [0.15, 0.2) is 108 Å². The lowest BCUT2D eigenvalue weighted by atomic mass is 10.1. The molecule has 40 heavy (non-hydrogen) atoms. The molecule has 0 bridgehead atoms. The highest BCUT2D eigenvalue weighted by Crippen LogP contribution is 2.26. The molecule has 5 aromatic rings. The molecule has 8 nitrogen and oxygen atoms in total. The van der Waals surface area contributed by atoms with Crippen LogP contribution in [0.3, 0.4) is 0 Å². The summed E-state index contributed by atoms with van der Waals surface area (Å²) in [5.41, 5.74) is 10.1. The van der Waals surface area contributed by atoms with Crippen molar-refractivity contribution in [2.45, 2.75) is 13.1 Å². The first-order valence-corrected chi connectivity index (χ1v) is 13.0. The number of nitrogen functional groups attached to an aromatic ring is 1. The maximum Gasteiger partial charge on any atom is 0.287 e. The van der Waals surface area contributed by atoms with Gasteiger partial charge in [0.25, 0.3) is 11.8 Å². The van der Waals surface area contributed by atoms with Crippen LogP contribution in [0.25, 0.3) is 11.0 Å². The van der Waals surface area contributed by atoms with Crippen LogP contribution in [0.4, 0.5) is 11.4 Å². The van der Waals surface area contributed by atoms with Gasteiger partial charge >= 0.3 is 0 Å². The number of rotatable bonds is 11. The van der Waals surface area contributed by atoms with E-state index >= 15 is 0 Å². The number of carbonyl (C=O) groups is 2. The van der Waals surface area contributed by atoms with Crippen molar-refractivity contribution in [3.63, 3.8) is 0 Å². The minimum atomic E-state index is -0.302. The van der Waals surface area contributed by atoms with E-state index in [0.29, 0.717) is 41.4 Å². The molecule has 5 N–H and O–H groups in total. The van der Waals surface area contributed by atoms with Gasteiger partial charge in [-0.2, -0.15) is 0 Å². The molecule has 1 aromatic heterocycles. The number of carbonyl (C=O) groups excluding carboxylic acids is 2. The van der Waals surface area contributed by atoms with E-state index in [2.05, 4.69) is 28.1 Å². The molecule has 0 saturated carbocycles. The highest BCUT2D eigenvalue weighted by molar-refractivity contribution is 6.05. The van der Waals surface area contributed by atoms with Crippen LogP contribution in [0.5, 0.6) is 5.75 Å². The highest BCUT2D eigenvalue weighted by Gasteiger charge is 2.20. The Kier molecular flexibility index (Phi) is 8.38. The summed E-state index contributed by atoms with van der Waals surface area (Å²) in [6.07, 6.45) is 0. The van der Waals surface area contributed by atoms with Crippen molar-refractivity contribution in [2.75, 3.05) is 24.2 Å². The monoisotopic (exact) mass is 534 g/mol. The molecule has 0 unspecified atom stereocenters. The predicted octanol–water partition coefficient (Wildman–Crippen LogP) is 5.37. The highest BCUT2D eigenvalue weighted by atomic mass is 16.5. The Bertz CT molecular complexity index is 1600. The predicted molar refractivity (Wildman–Crippen MR) is 156 cm³/mol. The van der Waals surface area contributed by atoms with E-state index in [1.807, 2.05) is 42.5 Å². The molecule has 0 aliphatic heterocycles. The lowest BCUT2D eigenvalue weighted by Gasteiger charge is -2.10. The number of anilines is 2. The van der Waals surface area contributed by atoms with Crippen molar-refractivity contribution in [1.29, 1.82) is 0 Å². The number of nitrogens with two attached hydrogens (primary N) is 1. The Hall–Kier alpha value is -5.08. The molecule has 0 saturated heterocycles. The summed E-state index contributed by atoms with van der Waals surface area (Å²) in [4.78, 5) is 25.5. The average Bonchev–Trinajstić information content (AvgIpc) is 3.36. The maximum atomic E-state index is 13.0. The molecule has 2 amide bonds. The lowest BCUT2D eigenvalue weighted by molar-refractivity contribution is 0.0919. The summed E-state index contributed by atoms with van der Waals surface area (Å²) in [7, 11) is 0. The van der Waals surface area contributed by atoms with Crippen molar-refractivity contribution in [2.24, 2.45) is 0 Å². The molecule has 8 heteroatoms. The van der Waals surface area contributed by atoms with E-state index in [0.717, 1.165) is 16.5 Å². The maximum absolute atomic E-state index is 13.0. The van der Waals surface area contributed by atoms with E-state index in [-0.39, 0.29) is 30.7 Å². The topological polar surface area (TPSA) is 119 Å². The van der Waals surface area contributed by atoms with Gasteiger partial charge in [-0.15, -0.1) is 0 Å². The second kappa shape index (κ2) is 12.6. The van der Waals surface area contributed by atoms with Gasteiger partial charge in [-0.25, -0.2) is 0 Å². The number of ether oxygens (including phenoxy) is 1. The van der Waals surface area contributed by atoms with Gasteiger partial charge in [-0.1, -0.05) is 60.7 Å². The van der Waals surface area contributed by atoms with Crippen molar-refractivity contribution in [3.8, 4) is 5.75 Å². The molecule has 4 aromatic carbocycles. The number of hydrogen-bond acceptors (Lipinski definition) is 6. The normalized spacial score (nSPS) is 10.8. The van der Waals surface area contributed by atoms with E-state index in [1.54, 1.807) is 48.5 Å². The Morgan fingerprint density at radius 3 is 2.30 bits per heavy atom. The van der Waals surface area contributed by atoms with Gasteiger partial charge in [0.15, 0.2) is 5.76 Å². The molecular weight excluding hydrogens is 504 g/mol. The molecule has 0 atom stereocenters.